The number of hydrogen-bond donors (Lipinski definition) is 0. The van der Waals surface area contributed by atoms with Crippen LogP contribution in [0, 0.1) is 17.8 Å². The zero-order valence-electron chi connectivity index (χ0n) is 23.1. The van der Waals surface area contributed by atoms with Crippen molar-refractivity contribution in [1.82, 2.24) is 0 Å². The van der Waals surface area contributed by atoms with Gasteiger partial charge in [-0.3, -0.25) is 0 Å². The number of rotatable bonds is 20. The molecule has 0 aromatic carbocycles. The fraction of sp³-hybridized carbons (Fsp3) is 1.00. The Hall–Kier alpha value is -0.0400. The van der Waals surface area contributed by atoms with Crippen LogP contribution in [0.25, 0.3) is 0 Å². The van der Waals surface area contributed by atoms with Gasteiger partial charge in [0.25, 0.3) is 0 Å². The molecule has 0 unspecified atom stereocenters. The average Bonchev–Trinajstić information content (AvgIpc) is 2.85. The second-order valence-electron chi connectivity index (χ2n) is 11.9. The Labute approximate surface area is 209 Å². The Bertz CT molecular complexity index is 403. The molecule has 196 valence electrons. The molecule has 0 spiro atoms. The minimum absolute atomic E-state index is 0.587. The van der Waals surface area contributed by atoms with Gasteiger partial charge in [0.05, 0.1) is 6.10 Å². The fourth-order valence-corrected chi connectivity index (χ4v) is 6.73. The van der Waals surface area contributed by atoms with Crippen molar-refractivity contribution in [1.29, 1.82) is 0 Å². The molecule has 2 aliphatic rings. The van der Waals surface area contributed by atoms with Crippen LogP contribution in [-0.2, 0) is 4.74 Å². The van der Waals surface area contributed by atoms with E-state index in [1.165, 1.54) is 161 Å². The minimum Gasteiger partial charge on any atom is -0.378 e. The van der Waals surface area contributed by atoms with Gasteiger partial charge in [0.15, 0.2) is 0 Å². The monoisotopic (exact) mass is 462 g/mol. The Morgan fingerprint density at radius 3 is 1.39 bits per heavy atom. The fourth-order valence-electron chi connectivity index (χ4n) is 6.73. The van der Waals surface area contributed by atoms with Gasteiger partial charge in [-0.15, -0.1) is 0 Å². The van der Waals surface area contributed by atoms with Gasteiger partial charge in [0.1, 0.15) is 0 Å². The van der Waals surface area contributed by atoms with Crippen molar-refractivity contribution in [2.45, 2.75) is 180 Å². The molecule has 2 saturated carbocycles. The summed E-state index contributed by atoms with van der Waals surface area (Å²) in [6.07, 6.45) is 36.8. The van der Waals surface area contributed by atoms with Gasteiger partial charge in [0, 0.05) is 6.61 Å². The minimum atomic E-state index is 0.587. The van der Waals surface area contributed by atoms with Gasteiger partial charge < -0.3 is 4.74 Å². The summed E-state index contributed by atoms with van der Waals surface area (Å²) in [5.74, 6) is 3.14. The van der Waals surface area contributed by atoms with E-state index in [0.717, 1.165) is 24.4 Å². The van der Waals surface area contributed by atoms with Gasteiger partial charge >= 0.3 is 0 Å². The molecule has 0 aromatic heterocycles. The Balaban J connectivity index is 1.40. The molecule has 2 fully saturated rings. The first-order chi connectivity index (χ1) is 16.3. The van der Waals surface area contributed by atoms with E-state index in [1.807, 2.05) is 0 Å². The van der Waals surface area contributed by atoms with E-state index in [2.05, 4.69) is 13.8 Å². The second kappa shape index (κ2) is 20.2. The molecule has 2 rings (SSSR count). The highest BCUT2D eigenvalue weighted by Crippen LogP contribution is 2.41. The first-order valence-electron chi connectivity index (χ1n) is 15.9. The number of unbranched alkanes of at least 4 members (excludes halogenated alkanes) is 14. The van der Waals surface area contributed by atoms with Crippen LogP contribution in [0.5, 0.6) is 0 Å². The largest absolute Gasteiger partial charge is 0.378 e. The quantitative estimate of drug-likeness (QED) is 0.163. The zero-order chi connectivity index (χ0) is 23.4. The summed E-state index contributed by atoms with van der Waals surface area (Å²) < 4.78 is 6.27. The van der Waals surface area contributed by atoms with Crippen molar-refractivity contribution in [3.05, 3.63) is 0 Å². The van der Waals surface area contributed by atoms with Crippen LogP contribution < -0.4 is 0 Å². The van der Waals surface area contributed by atoms with Gasteiger partial charge in [-0.25, -0.2) is 0 Å². The normalized spacial score (nSPS) is 26.0. The van der Waals surface area contributed by atoms with Crippen molar-refractivity contribution in [3.8, 4) is 0 Å². The maximum absolute atomic E-state index is 6.27. The van der Waals surface area contributed by atoms with Gasteiger partial charge in [-0.05, 0) is 62.7 Å². The van der Waals surface area contributed by atoms with E-state index in [4.69, 9.17) is 4.74 Å². The van der Waals surface area contributed by atoms with Gasteiger partial charge in [-0.1, -0.05) is 129 Å². The van der Waals surface area contributed by atoms with E-state index in [1.54, 1.807) is 0 Å². The van der Waals surface area contributed by atoms with E-state index >= 15 is 0 Å². The van der Waals surface area contributed by atoms with E-state index in [9.17, 15) is 0 Å². The zero-order valence-corrected chi connectivity index (χ0v) is 23.1. The Kier molecular flexibility index (Phi) is 17.9. The molecule has 33 heavy (non-hydrogen) atoms. The van der Waals surface area contributed by atoms with Crippen molar-refractivity contribution in [2.24, 2.45) is 17.8 Å². The van der Waals surface area contributed by atoms with E-state index in [0.29, 0.717) is 6.10 Å². The average molecular weight is 463 g/mol. The molecular weight excluding hydrogens is 400 g/mol. The first kappa shape index (κ1) is 29.2. The van der Waals surface area contributed by atoms with E-state index < -0.39 is 0 Å². The third-order valence-corrected chi connectivity index (χ3v) is 9.09. The lowest BCUT2D eigenvalue weighted by atomic mass is 9.70. The molecule has 0 amide bonds. The molecular formula is C32H62O. The van der Waals surface area contributed by atoms with Crippen LogP contribution in [0.1, 0.15) is 174 Å². The maximum Gasteiger partial charge on any atom is 0.0575 e. The highest BCUT2D eigenvalue weighted by Gasteiger charge is 2.30. The maximum atomic E-state index is 6.27. The molecule has 0 aromatic rings. The molecule has 0 aliphatic heterocycles. The lowest BCUT2D eigenvalue weighted by molar-refractivity contribution is 0.00526. The molecule has 0 N–H and O–H groups in total. The third-order valence-electron chi connectivity index (χ3n) is 9.09. The molecule has 0 radical (unpaired) electrons. The summed E-state index contributed by atoms with van der Waals surface area (Å²) in [7, 11) is 0. The van der Waals surface area contributed by atoms with Crippen LogP contribution in [-0.4, -0.2) is 12.7 Å². The van der Waals surface area contributed by atoms with Crippen LogP contribution in [0.15, 0.2) is 0 Å². The molecule has 0 saturated heterocycles. The van der Waals surface area contributed by atoms with Crippen molar-refractivity contribution < 1.29 is 4.74 Å². The van der Waals surface area contributed by atoms with Crippen molar-refractivity contribution in [3.63, 3.8) is 0 Å². The SMILES string of the molecule is CCCCCCCCCCO[C@H]1CC[C@H]([C@H]2CC[C@H](CCCCCCCCCC)CC2)CC1. The van der Waals surface area contributed by atoms with Crippen molar-refractivity contribution >= 4 is 0 Å². The number of hydrogen-bond acceptors (Lipinski definition) is 1. The lowest BCUT2D eigenvalue weighted by Crippen LogP contribution is -2.28. The molecule has 0 heterocycles. The Morgan fingerprint density at radius 1 is 0.455 bits per heavy atom. The lowest BCUT2D eigenvalue weighted by Gasteiger charge is -2.38. The summed E-state index contributed by atoms with van der Waals surface area (Å²) >= 11 is 0. The molecule has 1 heteroatoms. The predicted molar refractivity (Wildman–Crippen MR) is 147 cm³/mol. The highest BCUT2D eigenvalue weighted by molar-refractivity contribution is 4.82. The summed E-state index contributed by atoms with van der Waals surface area (Å²) in [6.45, 7) is 5.64. The molecule has 2 aliphatic carbocycles. The Morgan fingerprint density at radius 2 is 0.879 bits per heavy atom. The van der Waals surface area contributed by atoms with Crippen molar-refractivity contribution in [2.75, 3.05) is 6.61 Å². The van der Waals surface area contributed by atoms with Crippen LogP contribution in [0.3, 0.4) is 0 Å². The summed E-state index contributed by atoms with van der Waals surface area (Å²) in [4.78, 5) is 0. The predicted octanol–water partition coefficient (Wildman–Crippen LogP) is 11.0. The number of ether oxygens (including phenoxy) is 1. The summed E-state index contributed by atoms with van der Waals surface area (Å²) in [5.41, 5.74) is 0. The summed E-state index contributed by atoms with van der Waals surface area (Å²) in [6, 6.07) is 0. The van der Waals surface area contributed by atoms with Gasteiger partial charge in [0.2, 0.25) is 0 Å². The third kappa shape index (κ3) is 14.2. The van der Waals surface area contributed by atoms with Crippen LogP contribution >= 0.6 is 0 Å². The standard InChI is InChI=1S/C32H62O/c1-3-5-7-9-11-13-15-17-19-29-20-22-30(23-21-29)31-24-26-32(27-25-31)33-28-18-16-14-12-10-8-6-4-2/h29-32H,3-28H2,1-2H3/t29-,30-,31-,32-. The molecule has 1 nitrogen and oxygen atoms in total. The highest BCUT2D eigenvalue weighted by atomic mass is 16.5. The molecule has 0 bridgehead atoms. The van der Waals surface area contributed by atoms with Crippen LogP contribution in [0.2, 0.25) is 0 Å². The topological polar surface area (TPSA) is 9.23 Å². The first-order valence-corrected chi connectivity index (χ1v) is 15.9. The smallest absolute Gasteiger partial charge is 0.0575 e. The summed E-state index contributed by atoms with van der Waals surface area (Å²) in [5, 5.41) is 0. The van der Waals surface area contributed by atoms with Crippen LogP contribution in [0.4, 0.5) is 0 Å². The molecule has 0 atom stereocenters. The van der Waals surface area contributed by atoms with E-state index in [-0.39, 0.29) is 0 Å². The van der Waals surface area contributed by atoms with Gasteiger partial charge in [-0.2, -0.15) is 0 Å². The second-order valence-corrected chi connectivity index (χ2v) is 11.9.